The number of carbonyl (C=O) groups excluding carboxylic acids is 2. The average Bonchev–Trinajstić information content (AvgIpc) is 3.90. The molecule has 2 aromatic heterocycles. The Morgan fingerprint density at radius 3 is 2.40 bits per heavy atom. The average molecular weight is 835 g/mol. The molecule has 62 heavy (non-hydrogen) atoms. The van der Waals surface area contributed by atoms with E-state index >= 15 is 0 Å². The molecule has 11 heteroatoms. The number of rotatable bonds is 7. The molecule has 320 valence electrons. The molecule has 0 saturated carbocycles. The maximum absolute atomic E-state index is 14.3. The highest BCUT2D eigenvalue weighted by molar-refractivity contribution is 5.94. The standard InChI is InChI=1S/C51H54N4O7/c1-4-33-14-16-44(61-32(2)56)26-42(59)27-48(36-15-17-49(50(23-36)60-3)62-43-12-7-11-41(58)25-43)55-30-37-9-6-13-47(46(37)31-55)54-51-24-35(18-19-53-51)45(34-8-5-10-40(57)21-34)22-39-29-52-28-38(39)20-33/h5-13,15,17-18,21,23-25,28-31,33,44-45,48,52-54,57-58H,4,14,16,19-20,22,26-27H2,1-3H3/t33-,44-,45+,48-/m1/s1. The van der Waals surface area contributed by atoms with Crippen molar-refractivity contribution < 1.29 is 34.0 Å². The molecule has 4 bridgehead atoms. The molecule has 2 aliphatic heterocycles. The number of ether oxygens (including phenoxy) is 3. The third kappa shape index (κ3) is 9.84. The number of aromatic nitrogens is 2. The molecule has 4 aromatic carbocycles. The number of benzene rings is 4. The van der Waals surface area contributed by atoms with E-state index in [4.69, 9.17) is 14.2 Å². The lowest BCUT2D eigenvalue weighted by Crippen LogP contribution is -2.24. The SMILES string of the molecule is CC[C@@H]1CC[C@@H](OC(C)=O)CC(=O)C[C@H](c2ccc(Oc3cccc(O)c3)c(OC)c2)n2cc3cccc(c3c2)NC2=CC(=CCN2)[C@H](c2cccc(O)c2)Cc2c[nH]cc2C1. The van der Waals surface area contributed by atoms with Crippen molar-refractivity contribution in [3.8, 4) is 28.7 Å². The molecular weight excluding hydrogens is 781 g/mol. The number of fused-ring (bicyclic) bond motifs is 3. The number of aromatic amines is 1. The van der Waals surface area contributed by atoms with Crippen molar-refractivity contribution in [2.75, 3.05) is 19.0 Å². The van der Waals surface area contributed by atoms with Crippen molar-refractivity contribution in [2.24, 2.45) is 5.92 Å². The van der Waals surface area contributed by atoms with Gasteiger partial charge in [-0.2, -0.15) is 0 Å². The Morgan fingerprint density at radius 1 is 0.839 bits per heavy atom. The second-order valence-electron chi connectivity index (χ2n) is 16.4. The molecule has 0 aliphatic carbocycles. The fourth-order valence-electron chi connectivity index (χ4n) is 8.92. The summed E-state index contributed by atoms with van der Waals surface area (Å²) in [6.07, 6.45) is 16.2. The van der Waals surface area contributed by atoms with Crippen molar-refractivity contribution in [2.45, 2.75) is 76.9 Å². The topological polar surface area (TPSA) is 147 Å². The molecule has 5 N–H and O–H groups in total. The fourth-order valence-corrected chi connectivity index (χ4v) is 8.92. The second-order valence-corrected chi connectivity index (χ2v) is 16.4. The molecule has 8 rings (SSSR count). The van der Waals surface area contributed by atoms with Crippen molar-refractivity contribution in [1.82, 2.24) is 14.9 Å². The van der Waals surface area contributed by atoms with Gasteiger partial charge >= 0.3 is 5.97 Å². The van der Waals surface area contributed by atoms with Gasteiger partial charge < -0.3 is 44.6 Å². The van der Waals surface area contributed by atoms with E-state index in [0.29, 0.717) is 36.1 Å². The van der Waals surface area contributed by atoms with Crippen LogP contribution in [0.4, 0.5) is 5.69 Å². The predicted octanol–water partition coefficient (Wildman–Crippen LogP) is 10.2. The van der Waals surface area contributed by atoms with Crippen LogP contribution in [0.5, 0.6) is 28.7 Å². The van der Waals surface area contributed by atoms with E-state index in [-0.39, 0.29) is 36.0 Å². The van der Waals surface area contributed by atoms with E-state index in [1.165, 1.54) is 24.1 Å². The quantitative estimate of drug-likeness (QED) is 0.0992. The summed E-state index contributed by atoms with van der Waals surface area (Å²) < 4.78 is 19.9. The number of phenols is 2. The van der Waals surface area contributed by atoms with Gasteiger partial charge in [-0.15, -0.1) is 0 Å². The number of anilines is 1. The van der Waals surface area contributed by atoms with Gasteiger partial charge in [-0.3, -0.25) is 9.59 Å². The first-order valence-corrected chi connectivity index (χ1v) is 21.4. The summed E-state index contributed by atoms with van der Waals surface area (Å²) in [5.41, 5.74) is 6.34. The molecular formula is C51H54N4O7. The molecule has 0 fully saturated rings. The lowest BCUT2D eigenvalue weighted by molar-refractivity contribution is -0.148. The normalized spacial score (nSPS) is 19.8. The molecule has 6 aromatic rings. The van der Waals surface area contributed by atoms with Crippen LogP contribution in [0.15, 0.2) is 133 Å². The summed E-state index contributed by atoms with van der Waals surface area (Å²) in [6.45, 7) is 4.21. The van der Waals surface area contributed by atoms with Gasteiger partial charge in [0.25, 0.3) is 0 Å². The number of methoxy groups -OCH3 is 1. The van der Waals surface area contributed by atoms with Crippen LogP contribution >= 0.6 is 0 Å². The van der Waals surface area contributed by atoms with E-state index in [1.807, 2.05) is 42.5 Å². The lowest BCUT2D eigenvalue weighted by atomic mass is 9.82. The molecule has 0 unspecified atom stereocenters. The smallest absolute Gasteiger partial charge is 0.302 e. The second kappa shape index (κ2) is 18.8. The van der Waals surface area contributed by atoms with Crippen LogP contribution in [-0.4, -0.2) is 51.3 Å². The number of carbonyl (C=O) groups is 2. The van der Waals surface area contributed by atoms with Crippen LogP contribution in [0, 0.1) is 5.92 Å². The van der Waals surface area contributed by atoms with Crippen molar-refractivity contribution in [1.29, 1.82) is 0 Å². The van der Waals surface area contributed by atoms with E-state index in [1.54, 1.807) is 31.4 Å². The minimum absolute atomic E-state index is 0.0304. The number of phenolic OH excluding ortho intramolecular Hbond substituents is 2. The number of aromatic hydroxyl groups is 2. The summed E-state index contributed by atoms with van der Waals surface area (Å²) in [7, 11) is 1.57. The highest BCUT2D eigenvalue weighted by atomic mass is 16.5. The van der Waals surface area contributed by atoms with Crippen LogP contribution in [0.25, 0.3) is 10.8 Å². The Kier molecular flexibility index (Phi) is 12.7. The summed E-state index contributed by atoms with van der Waals surface area (Å²) in [5.74, 6) is 2.38. The first kappa shape index (κ1) is 41.8. The number of H-pyrrole nitrogens is 1. The number of nitrogens with one attached hydrogen (secondary N) is 3. The molecule has 4 heterocycles. The monoisotopic (exact) mass is 834 g/mol. The molecule has 0 spiro atoms. The molecule has 11 nitrogen and oxygen atoms in total. The lowest BCUT2D eigenvalue weighted by Gasteiger charge is -2.25. The van der Waals surface area contributed by atoms with Crippen LogP contribution in [0.3, 0.4) is 0 Å². The van der Waals surface area contributed by atoms with Gasteiger partial charge in [0, 0.05) is 79.5 Å². The number of nitrogens with zero attached hydrogens (tertiary/aromatic N) is 1. The highest BCUT2D eigenvalue weighted by Crippen LogP contribution is 2.39. The van der Waals surface area contributed by atoms with Crippen molar-refractivity contribution in [3.05, 3.63) is 156 Å². The van der Waals surface area contributed by atoms with Gasteiger partial charge in [-0.25, -0.2) is 0 Å². The number of allylic oxidation sites excluding steroid dienone is 2. The third-order valence-electron chi connectivity index (χ3n) is 12.1. The van der Waals surface area contributed by atoms with Crippen molar-refractivity contribution in [3.63, 3.8) is 0 Å². The van der Waals surface area contributed by atoms with Gasteiger partial charge in [-0.1, -0.05) is 55.8 Å². The Hall–Kier alpha value is -6.88. The summed E-state index contributed by atoms with van der Waals surface area (Å²) in [5, 5.41) is 29.8. The zero-order chi connectivity index (χ0) is 43.2. The Morgan fingerprint density at radius 2 is 1.63 bits per heavy atom. The molecule has 4 atom stereocenters. The van der Waals surface area contributed by atoms with E-state index in [2.05, 4.69) is 76.2 Å². The first-order chi connectivity index (χ1) is 30.1. The Bertz CT molecular complexity index is 2620. The number of ketones is 1. The van der Waals surface area contributed by atoms with Crippen LogP contribution in [-0.2, 0) is 27.2 Å². The Labute approximate surface area is 362 Å². The highest BCUT2D eigenvalue weighted by Gasteiger charge is 2.27. The maximum atomic E-state index is 14.3. The minimum Gasteiger partial charge on any atom is -0.508 e. The summed E-state index contributed by atoms with van der Waals surface area (Å²) in [6, 6.07) is 25.4. The van der Waals surface area contributed by atoms with Gasteiger partial charge in [-0.05, 0) is 108 Å². The van der Waals surface area contributed by atoms with Crippen LogP contribution < -0.4 is 20.1 Å². The van der Waals surface area contributed by atoms with Crippen LogP contribution in [0.2, 0.25) is 0 Å². The number of hydrogen-bond donors (Lipinski definition) is 5. The molecule has 0 saturated heterocycles. The van der Waals surface area contributed by atoms with E-state index in [9.17, 15) is 19.8 Å². The number of dihydropyridines is 1. The zero-order valence-electron chi connectivity index (χ0n) is 35.4. The molecule has 2 aliphatic rings. The first-order valence-electron chi connectivity index (χ1n) is 21.4. The molecule has 0 amide bonds. The third-order valence-corrected chi connectivity index (χ3v) is 12.1. The largest absolute Gasteiger partial charge is 0.508 e. The van der Waals surface area contributed by atoms with E-state index < -0.39 is 18.1 Å². The van der Waals surface area contributed by atoms with Crippen LogP contribution in [0.1, 0.15) is 80.2 Å². The number of esters is 1. The maximum Gasteiger partial charge on any atom is 0.302 e. The van der Waals surface area contributed by atoms with Crippen molar-refractivity contribution >= 4 is 28.2 Å². The van der Waals surface area contributed by atoms with Gasteiger partial charge in [0.05, 0.1) is 13.2 Å². The van der Waals surface area contributed by atoms with E-state index in [0.717, 1.165) is 64.7 Å². The fraction of sp³-hybridized carbons (Fsp3) is 0.294. The number of hydrogen-bond acceptors (Lipinski definition) is 9. The summed E-state index contributed by atoms with van der Waals surface area (Å²) in [4.78, 5) is 30.2. The number of Topliss-reactive ketones (excluding diaryl/α,β-unsaturated/α-hetero) is 1. The summed E-state index contributed by atoms with van der Waals surface area (Å²) >= 11 is 0. The van der Waals surface area contributed by atoms with Gasteiger partial charge in [0.15, 0.2) is 11.5 Å². The van der Waals surface area contributed by atoms with Gasteiger partial charge in [0.1, 0.15) is 35.0 Å². The molecule has 0 radical (unpaired) electrons. The minimum atomic E-state index is -0.567. The Balaban J connectivity index is 1.20. The van der Waals surface area contributed by atoms with Gasteiger partial charge in [0.2, 0.25) is 0 Å². The predicted molar refractivity (Wildman–Crippen MR) is 241 cm³/mol. The zero-order valence-corrected chi connectivity index (χ0v) is 35.4.